The summed E-state index contributed by atoms with van der Waals surface area (Å²) in [5.74, 6) is -0.501. The van der Waals surface area contributed by atoms with Gasteiger partial charge in [-0.1, -0.05) is 54.2 Å². The quantitative estimate of drug-likeness (QED) is 0.361. The summed E-state index contributed by atoms with van der Waals surface area (Å²) in [4.78, 5) is 23.4. The van der Waals surface area contributed by atoms with Gasteiger partial charge in [-0.15, -0.1) is 13.2 Å². The van der Waals surface area contributed by atoms with E-state index in [-0.39, 0.29) is 11.7 Å². The molecule has 0 unspecified atom stereocenters. The lowest BCUT2D eigenvalue weighted by atomic mass is 10.2. The highest BCUT2D eigenvalue weighted by Gasteiger charge is 2.39. The first-order valence-corrected chi connectivity index (χ1v) is 12.1. The van der Waals surface area contributed by atoms with Gasteiger partial charge in [0.25, 0.3) is 5.91 Å². The van der Waals surface area contributed by atoms with E-state index in [0.717, 1.165) is 21.2 Å². The molecule has 0 radical (unpaired) electrons. The zero-order valence-corrected chi connectivity index (χ0v) is 20.0. The second kappa shape index (κ2) is 9.35. The van der Waals surface area contributed by atoms with Gasteiger partial charge in [-0.05, 0) is 53.7 Å². The smallest absolute Gasteiger partial charge is 0.406 e. The predicted molar refractivity (Wildman–Crippen MR) is 133 cm³/mol. The third-order valence-electron chi connectivity index (χ3n) is 5.27. The Morgan fingerprint density at radius 1 is 0.914 bits per heavy atom. The molecule has 0 bridgehead atoms. The van der Waals surface area contributed by atoms with Crippen molar-refractivity contribution in [3.63, 3.8) is 0 Å². The van der Waals surface area contributed by atoms with E-state index in [0.29, 0.717) is 22.3 Å². The molecule has 1 amide bonds. The van der Waals surface area contributed by atoms with Gasteiger partial charge < -0.3 is 9.64 Å². The highest BCUT2D eigenvalue weighted by atomic mass is 32.2. The number of hydrogen-bond donors (Lipinski definition) is 0. The van der Waals surface area contributed by atoms with Crippen molar-refractivity contribution in [1.29, 1.82) is 0 Å². The van der Waals surface area contributed by atoms with E-state index in [1.165, 1.54) is 47.8 Å². The van der Waals surface area contributed by atoms with Crippen LogP contribution in [0.3, 0.4) is 0 Å². The summed E-state index contributed by atoms with van der Waals surface area (Å²) in [6.45, 7) is 0.318. The van der Waals surface area contributed by atoms with Crippen molar-refractivity contribution in [2.45, 2.75) is 17.8 Å². The number of alkyl halides is 3. The highest BCUT2D eigenvalue weighted by Crippen LogP contribution is 2.50. The highest BCUT2D eigenvalue weighted by molar-refractivity contribution is 8.19. The Hall–Kier alpha value is -3.37. The average molecular weight is 514 g/mol. The van der Waals surface area contributed by atoms with Crippen LogP contribution in [-0.2, 0) is 11.3 Å². The molecular weight excluding hydrogens is 495 g/mol. The summed E-state index contributed by atoms with van der Waals surface area (Å²) >= 11 is 2.79. The van der Waals surface area contributed by atoms with E-state index in [1.54, 1.807) is 4.90 Å². The van der Waals surface area contributed by atoms with E-state index < -0.39 is 6.36 Å². The van der Waals surface area contributed by atoms with Gasteiger partial charge in [0.05, 0.1) is 22.9 Å². The molecule has 0 spiro atoms. The van der Waals surface area contributed by atoms with Crippen LogP contribution >= 0.6 is 23.5 Å². The number of benzene rings is 3. The van der Waals surface area contributed by atoms with E-state index in [4.69, 9.17) is 0 Å². The number of amidine groups is 1. The van der Waals surface area contributed by atoms with Crippen LogP contribution in [0.4, 0.5) is 24.5 Å². The molecule has 3 aromatic rings. The summed E-state index contributed by atoms with van der Waals surface area (Å²) in [6, 6.07) is 22.7. The molecule has 0 aliphatic carbocycles. The molecule has 0 saturated carbocycles. The maximum Gasteiger partial charge on any atom is 0.573 e. The maximum absolute atomic E-state index is 13.6. The lowest BCUT2D eigenvalue weighted by molar-refractivity contribution is -0.274. The van der Waals surface area contributed by atoms with Crippen LogP contribution in [0.15, 0.2) is 98.7 Å². The molecule has 3 aromatic carbocycles. The molecule has 178 valence electrons. The summed E-state index contributed by atoms with van der Waals surface area (Å²) in [5.41, 5.74) is 2.37. The number of carbonyl (C=O) groups excluding carboxylic acids is 1. The van der Waals surface area contributed by atoms with Crippen molar-refractivity contribution in [3.05, 3.63) is 94.4 Å². The van der Waals surface area contributed by atoms with Gasteiger partial charge in [0.2, 0.25) is 0 Å². The first-order valence-electron chi connectivity index (χ1n) is 10.5. The van der Waals surface area contributed by atoms with Gasteiger partial charge in [0.15, 0.2) is 5.17 Å². The SMILES string of the molecule is CN1C(=C2SC(=Nc3ccc(OC(F)(F)F)cc3)N(Cc3ccccc3)C2=O)Sc2ccccc21. The van der Waals surface area contributed by atoms with Gasteiger partial charge in [0, 0.05) is 11.9 Å². The number of fused-ring (bicyclic) bond motifs is 1. The summed E-state index contributed by atoms with van der Waals surface area (Å²) < 4.78 is 41.4. The van der Waals surface area contributed by atoms with E-state index in [2.05, 4.69) is 9.73 Å². The van der Waals surface area contributed by atoms with Crippen molar-refractivity contribution in [2.24, 2.45) is 4.99 Å². The summed E-state index contributed by atoms with van der Waals surface area (Å²) in [6.07, 6.45) is -4.77. The molecule has 2 aliphatic heterocycles. The topological polar surface area (TPSA) is 45.1 Å². The number of rotatable bonds is 4. The molecular formula is C25H18F3N3O2S2. The second-order valence-corrected chi connectivity index (χ2v) is 9.69. The fourth-order valence-electron chi connectivity index (χ4n) is 3.66. The second-order valence-electron chi connectivity index (χ2n) is 7.68. The number of halogens is 3. The average Bonchev–Trinajstić information content (AvgIpc) is 3.32. The molecule has 2 aliphatic rings. The van der Waals surface area contributed by atoms with Crippen molar-refractivity contribution < 1.29 is 22.7 Å². The van der Waals surface area contributed by atoms with Crippen LogP contribution in [0.2, 0.25) is 0 Å². The Balaban J connectivity index is 1.49. The fourth-order valence-corrected chi connectivity index (χ4v) is 6.00. The van der Waals surface area contributed by atoms with E-state index in [9.17, 15) is 18.0 Å². The molecule has 1 saturated heterocycles. The Bertz CT molecular complexity index is 1330. The number of amides is 1. The maximum atomic E-state index is 13.6. The molecule has 35 heavy (non-hydrogen) atoms. The fraction of sp³-hybridized carbons (Fsp3) is 0.120. The van der Waals surface area contributed by atoms with E-state index >= 15 is 0 Å². The molecule has 0 N–H and O–H groups in total. The van der Waals surface area contributed by atoms with Crippen molar-refractivity contribution >= 4 is 46.0 Å². The third-order valence-corrected chi connectivity index (χ3v) is 7.71. The zero-order chi connectivity index (χ0) is 24.6. The number of ether oxygens (including phenoxy) is 1. The first kappa shape index (κ1) is 23.4. The van der Waals surface area contributed by atoms with Gasteiger partial charge in [-0.25, -0.2) is 4.99 Å². The number of thioether (sulfide) groups is 2. The Kier molecular flexibility index (Phi) is 6.24. The standard InChI is InChI=1S/C25H18F3N3O2S2/c1-30-19-9-5-6-10-20(19)34-23(30)21-22(32)31(15-16-7-3-2-4-8-16)24(35-21)29-17-11-13-18(14-12-17)33-25(26,27)28/h2-14H,15H2,1H3. The van der Waals surface area contributed by atoms with Crippen molar-refractivity contribution in [3.8, 4) is 5.75 Å². The lowest BCUT2D eigenvalue weighted by Gasteiger charge is -2.17. The monoisotopic (exact) mass is 513 g/mol. The van der Waals surface area contributed by atoms with Gasteiger partial charge in [0.1, 0.15) is 10.7 Å². The molecule has 0 aromatic heterocycles. The van der Waals surface area contributed by atoms with Gasteiger partial charge >= 0.3 is 6.36 Å². The predicted octanol–water partition coefficient (Wildman–Crippen LogP) is 6.76. The Labute approximate surface area is 208 Å². The lowest BCUT2D eigenvalue weighted by Crippen LogP contribution is -2.29. The van der Waals surface area contributed by atoms with Crippen LogP contribution in [0.25, 0.3) is 0 Å². The molecule has 5 nitrogen and oxygen atoms in total. The first-order chi connectivity index (χ1) is 16.8. The van der Waals surface area contributed by atoms with Crippen LogP contribution in [0.1, 0.15) is 5.56 Å². The Morgan fingerprint density at radius 3 is 2.29 bits per heavy atom. The molecule has 5 rings (SSSR count). The minimum atomic E-state index is -4.77. The number of para-hydroxylation sites is 1. The molecule has 10 heteroatoms. The Morgan fingerprint density at radius 2 is 1.60 bits per heavy atom. The van der Waals surface area contributed by atoms with Crippen LogP contribution in [0, 0.1) is 0 Å². The normalized spacial score (nSPS) is 19.0. The van der Waals surface area contributed by atoms with Gasteiger partial charge in [-0.3, -0.25) is 9.69 Å². The minimum Gasteiger partial charge on any atom is -0.406 e. The number of aliphatic imine (C=N–C) groups is 1. The van der Waals surface area contributed by atoms with Crippen LogP contribution in [0.5, 0.6) is 5.75 Å². The van der Waals surface area contributed by atoms with Crippen LogP contribution < -0.4 is 9.64 Å². The number of carbonyl (C=O) groups is 1. The van der Waals surface area contributed by atoms with Gasteiger partial charge in [-0.2, -0.15) is 0 Å². The number of anilines is 1. The number of nitrogens with zero attached hydrogens (tertiary/aromatic N) is 3. The van der Waals surface area contributed by atoms with Crippen LogP contribution in [-0.4, -0.2) is 29.4 Å². The zero-order valence-electron chi connectivity index (χ0n) is 18.3. The number of hydrogen-bond acceptors (Lipinski definition) is 6. The van der Waals surface area contributed by atoms with Crippen molar-refractivity contribution in [1.82, 2.24) is 4.90 Å². The molecule has 0 atom stereocenters. The van der Waals surface area contributed by atoms with E-state index in [1.807, 2.05) is 66.5 Å². The summed E-state index contributed by atoms with van der Waals surface area (Å²) in [7, 11) is 1.92. The summed E-state index contributed by atoms with van der Waals surface area (Å²) in [5, 5.41) is 1.27. The third kappa shape index (κ3) is 5.03. The molecule has 1 fully saturated rings. The van der Waals surface area contributed by atoms with Crippen molar-refractivity contribution in [2.75, 3.05) is 11.9 Å². The minimum absolute atomic E-state index is 0.170. The molecule has 2 heterocycles. The largest absolute Gasteiger partial charge is 0.573 e.